The maximum atomic E-state index is 15.4. The fourth-order valence-electron chi connectivity index (χ4n) is 6.51. The van der Waals surface area contributed by atoms with Gasteiger partial charge in [-0.3, -0.25) is 3.97 Å². The summed E-state index contributed by atoms with van der Waals surface area (Å²) >= 11 is 0. The zero-order valence-electron chi connectivity index (χ0n) is 25.9. The first kappa shape index (κ1) is 33.6. The maximum Gasteiger partial charge on any atom is 0.391 e. The van der Waals surface area contributed by atoms with Gasteiger partial charge < -0.3 is 4.74 Å². The number of aromatic nitrogens is 1. The number of esters is 1. The van der Waals surface area contributed by atoms with Crippen molar-refractivity contribution in [2.75, 3.05) is 7.11 Å². The third-order valence-electron chi connectivity index (χ3n) is 8.88. The summed E-state index contributed by atoms with van der Waals surface area (Å²) in [5, 5.41) is 19.8. The largest absolute Gasteiger partial charge is 0.465 e. The molecular formula is C37H26F5N3O3S. The molecule has 0 saturated heterocycles. The van der Waals surface area contributed by atoms with Crippen LogP contribution in [0.25, 0.3) is 44.4 Å². The smallest absolute Gasteiger partial charge is 0.391 e. The summed E-state index contributed by atoms with van der Waals surface area (Å²) in [7, 11) is -0.829. The van der Waals surface area contributed by atoms with Crippen LogP contribution < -0.4 is 0 Å². The van der Waals surface area contributed by atoms with E-state index in [0.717, 1.165) is 6.07 Å². The Hall–Kier alpha value is -5.33. The number of hydrogen-bond donors (Lipinski definition) is 0. The second kappa shape index (κ2) is 13.3. The monoisotopic (exact) mass is 687 g/mol. The number of halogens is 5. The normalized spacial score (nSPS) is 16.9. The van der Waals surface area contributed by atoms with Crippen LogP contribution in [0.3, 0.4) is 0 Å². The Kier molecular flexibility index (Phi) is 9.10. The molecule has 0 amide bonds. The maximum absolute atomic E-state index is 15.4. The highest BCUT2D eigenvalue weighted by Crippen LogP contribution is 2.46. The third kappa shape index (κ3) is 6.20. The van der Waals surface area contributed by atoms with Crippen LogP contribution in [0.1, 0.15) is 47.2 Å². The number of nitriles is 2. The number of rotatable bonds is 6. The second-order valence-corrected chi connectivity index (χ2v) is 13.3. The molecule has 1 unspecified atom stereocenters. The molecule has 6 rings (SSSR count). The number of hydrogen-bond acceptors (Lipinski definition) is 5. The average molecular weight is 688 g/mol. The summed E-state index contributed by atoms with van der Waals surface area (Å²) in [5.41, 5.74) is 1.86. The molecular weight excluding hydrogens is 661 g/mol. The molecule has 0 N–H and O–H groups in total. The van der Waals surface area contributed by atoms with E-state index in [1.54, 1.807) is 24.3 Å². The molecule has 1 heterocycles. The van der Waals surface area contributed by atoms with Crippen molar-refractivity contribution in [1.29, 1.82) is 10.5 Å². The van der Waals surface area contributed by atoms with Crippen molar-refractivity contribution >= 4 is 27.9 Å². The standard InChI is InChI=1S/C37H26F5N3O3S/c1-48-36(46)23-8-14-29(31(39)17-23)21-4-2-5-22(16-21)35-34(33-24(19-43)6-3-7-25(33)20-44)30-18-27(38)11-15-32(30)45(35)49(47)28-12-9-26(10-13-28)37(40,41)42/h2-8,11,14-18,26,28H,9-10,12-13H2,1H3. The SMILES string of the molecule is COC(=O)c1ccc(-c2cccc(-c3c(-c4c(C#N)cccc4C#N)c4cc(F)ccc4n3S(=O)C3CCC(C(F)(F)F)CC3)c2)c(F)c1. The van der Waals surface area contributed by atoms with E-state index in [1.807, 2.05) is 0 Å². The zero-order chi connectivity index (χ0) is 35.0. The van der Waals surface area contributed by atoms with Crippen molar-refractivity contribution in [1.82, 2.24) is 3.97 Å². The molecule has 0 spiro atoms. The molecule has 0 bridgehead atoms. The van der Waals surface area contributed by atoms with Crippen LogP contribution in [0.2, 0.25) is 0 Å². The van der Waals surface area contributed by atoms with Gasteiger partial charge in [0, 0.05) is 27.6 Å². The van der Waals surface area contributed by atoms with Crippen molar-refractivity contribution in [2.45, 2.75) is 37.1 Å². The van der Waals surface area contributed by atoms with Gasteiger partial charge in [0.25, 0.3) is 0 Å². The average Bonchev–Trinajstić information content (AvgIpc) is 3.43. The van der Waals surface area contributed by atoms with Gasteiger partial charge in [-0.05, 0) is 79.8 Å². The minimum Gasteiger partial charge on any atom is -0.465 e. The van der Waals surface area contributed by atoms with Gasteiger partial charge >= 0.3 is 12.1 Å². The summed E-state index contributed by atoms with van der Waals surface area (Å²) in [4.78, 5) is 12.0. The number of methoxy groups -OCH3 is 1. The van der Waals surface area contributed by atoms with E-state index in [9.17, 15) is 37.1 Å². The number of nitrogens with zero attached hydrogens (tertiary/aromatic N) is 3. The molecule has 0 radical (unpaired) electrons. The van der Waals surface area contributed by atoms with Gasteiger partial charge in [0.15, 0.2) is 0 Å². The summed E-state index contributed by atoms with van der Waals surface area (Å²) in [6.07, 6.45) is -4.75. The Labute approximate surface area is 280 Å². The Morgan fingerprint density at radius 1 is 0.857 bits per heavy atom. The fourth-order valence-corrected chi connectivity index (χ4v) is 8.22. The van der Waals surface area contributed by atoms with Gasteiger partial charge in [0.1, 0.15) is 22.6 Å². The lowest BCUT2D eigenvalue weighted by atomic mass is 9.88. The number of carbonyl (C=O) groups excluding carboxylic acids is 1. The quantitative estimate of drug-likeness (QED) is 0.131. The molecule has 0 aliphatic heterocycles. The van der Waals surface area contributed by atoms with Crippen LogP contribution in [0.15, 0.2) is 78.9 Å². The summed E-state index contributed by atoms with van der Waals surface area (Å²) < 4.78 is 91.7. The Bertz CT molecular complexity index is 2190. The predicted octanol–water partition coefficient (Wildman–Crippen LogP) is 9.08. The molecule has 248 valence electrons. The number of alkyl halides is 3. The lowest BCUT2D eigenvalue weighted by Gasteiger charge is -2.30. The van der Waals surface area contributed by atoms with Gasteiger partial charge in [-0.1, -0.05) is 30.3 Å². The summed E-state index contributed by atoms with van der Waals surface area (Å²) in [5.74, 6) is -3.61. The lowest BCUT2D eigenvalue weighted by Crippen LogP contribution is -2.33. The van der Waals surface area contributed by atoms with Crippen molar-refractivity contribution in [3.8, 4) is 45.6 Å². The highest BCUT2D eigenvalue weighted by Gasteiger charge is 2.43. The van der Waals surface area contributed by atoms with Crippen molar-refractivity contribution in [3.63, 3.8) is 0 Å². The first-order valence-electron chi connectivity index (χ1n) is 15.2. The van der Waals surface area contributed by atoms with Crippen LogP contribution in [0, 0.1) is 40.2 Å². The molecule has 1 fully saturated rings. The molecule has 49 heavy (non-hydrogen) atoms. The minimum absolute atomic E-state index is 0.00266. The van der Waals surface area contributed by atoms with E-state index in [2.05, 4.69) is 16.9 Å². The highest BCUT2D eigenvalue weighted by molar-refractivity contribution is 7.84. The molecule has 5 aromatic rings. The molecule has 6 nitrogen and oxygen atoms in total. The first-order chi connectivity index (χ1) is 23.5. The van der Waals surface area contributed by atoms with Crippen molar-refractivity contribution in [3.05, 3.63) is 107 Å². The van der Waals surface area contributed by atoms with E-state index in [1.165, 1.54) is 59.6 Å². The predicted molar refractivity (Wildman–Crippen MR) is 174 cm³/mol. The lowest BCUT2D eigenvalue weighted by molar-refractivity contribution is -0.181. The van der Waals surface area contributed by atoms with Gasteiger partial charge in [0.05, 0.1) is 58.3 Å². The van der Waals surface area contributed by atoms with Crippen molar-refractivity contribution in [2.24, 2.45) is 5.92 Å². The number of carbonyl (C=O) groups is 1. The van der Waals surface area contributed by atoms with Crippen LogP contribution >= 0.6 is 0 Å². The minimum atomic E-state index is -4.37. The molecule has 1 aromatic heterocycles. The molecule has 1 aliphatic carbocycles. The van der Waals surface area contributed by atoms with Crippen LogP contribution in [-0.4, -0.2) is 32.7 Å². The molecule has 1 aliphatic rings. The second-order valence-electron chi connectivity index (χ2n) is 11.7. The Morgan fingerprint density at radius 2 is 1.51 bits per heavy atom. The molecule has 4 aromatic carbocycles. The topological polar surface area (TPSA) is 95.9 Å². The molecule has 1 atom stereocenters. The number of ether oxygens (including phenoxy) is 1. The van der Waals surface area contributed by atoms with Crippen LogP contribution in [0.4, 0.5) is 22.0 Å². The Balaban J connectivity index is 1.63. The zero-order valence-corrected chi connectivity index (χ0v) is 26.7. The van der Waals surface area contributed by atoms with E-state index >= 15 is 4.39 Å². The number of fused-ring (bicyclic) bond motifs is 1. The number of benzene rings is 4. The first-order valence-corrected chi connectivity index (χ1v) is 16.4. The van der Waals surface area contributed by atoms with Crippen molar-refractivity contribution < 1.29 is 35.7 Å². The summed E-state index contributed by atoms with van der Waals surface area (Å²) in [6, 6.07) is 22.8. The Morgan fingerprint density at radius 3 is 2.12 bits per heavy atom. The summed E-state index contributed by atoms with van der Waals surface area (Å²) in [6.45, 7) is 0. The van der Waals surface area contributed by atoms with Gasteiger partial charge in [-0.2, -0.15) is 23.7 Å². The molecule has 12 heteroatoms. The van der Waals surface area contributed by atoms with Crippen LogP contribution in [-0.2, 0) is 15.7 Å². The van der Waals surface area contributed by atoms with Gasteiger partial charge in [0.2, 0.25) is 0 Å². The molecule has 1 saturated carbocycles. The van der Waals surface area contributed by atoms with E-state index < -0.39 is 45.9 Å². The highest BCUT2D eigenvalue weighted by atomic mass is 32.2. The van der Waals surface area contributed by atoms with E-state index in [-0.39, 0.29) is 75.7 Å². The van der Waals surface area contributed by atoms with E-state index in [0.29, 0.717) is 11.1 Å². The van der Waals surface area contributed by atoms with Gasteiger partial charge in [-0.15, -0.1) is 0 Å². The third-order valence-corrected chi connectivity index (χ3v) is 10.7. The fraction of sp³-hybridized carbons (Fsp3) is 0.216. The van der Waals surface area contributed by atoms with Gasteiger partial charge in [-0.25, -0.2) is 17.8 Å². The van der Waals surface area contributed by atoms with E-state index in [4.69, 9.17) is 0 Å². The van der Waals surface area contributed by atoms with Crippen LogP contribution in [0.5, 0.6) is 0 Å².